The van der Waals surface area contributed by atoms with E-state index in [0.29, 0.717) is 5.25 Å². The molecule has 0 spiro atoms. The molecule has 0 saturated carbocycles. The van der Waals surface area contributed by atoms with Crippen molar-refractivity contribution in [3.05, 3.63) is 0 Å². The fraction of sp³-hybridized carbons (Fsp3) is 0.857. The first-order chi connectivity index (χ1) is 5.26. The number of ether oxygens (including phenoxy) is 1. The van der Waals surface area contributed by atoms with Crippen LogP contribution in [0.5, 0.6) is 0 Å². The molecule has 0 amide bonds. The van der Waals surface area contributed by atoms with Crippen LogP contribution >= 0.6 is 23.5 Å². The van der Waals surface area contributed by atoms with Gasteiger partial charge in [-0.15, -0.1) is 11.8 Å². The van der Waals surface area contributed by atoms with Crippen LogP contribution in [0.2, 0.25) is 0 Å². The molecule has 0 aromatic carbocycles. The van der Waals surface area contributed by atoms with Crippen molar-refractivity contribution in [3.63, 3.8) is 0 Å². The van der Waals surface area contributed by atoms with Crippen molar-refractivity contribution in [2.75, 3.05) is 13.4 Å². The van der Waals surface area contributed by atoms with E-state index in [1.165, 1.54) is 0 Å². The van der Waals surface area contributed by atoms with Crippen molar-refractivity contribution in [1.82, 2.24) is 0 Å². The van der Waals surface area contributed by atoms with Gasteiger partial charge in [-0.3, -0.25) is 0 Å². The van der Waals surface area contributed by atoms with Crippen LogP contribution in [-0.4, -0.2) is 29.2 Å². The van der Waals surface area contributed by atoms with Crippen LogP contribution in [0.25, 0.3) is 0 Å². The maximum Gasteiger partial charge on any atom is 0.150 e. The number of nitrogens with zero attached hydrogens (tertiary/aromatic N) is 1. The van der Waals surface area contributed by atoms with Crippen molar-refractivity contribution in [1.29, 1.82) is 0 Å². The van der Waals surface area contributed by atoms with Gasteiger partial charge in [-0.2, -0.15) is 0 Å². The van der Waals surface area contributed by atoms with Gasteiger partial charge >= 0.3 is 0 Å². The Morgan fingerprint density at radius 3 is 3.00 bits per heavy atom. The van der Waals surface area contributed by atoms with E-state index in [9.17, 15) is 0 Å². The zero-order valence-corrected chi connectivity index (χ0v) is 8.67. The fourth-order valence-electron chi connectivity index (χ4n) is 0.955. The summed E-state index contributed by atoms with van der Waals surface area (Å²) in [5.74, 6) is 0. The lowest BCUT2D eigenvalue weighted by atomic mass is 10.3. The second-order valence-electron chi connectivity index (χ2n) is 2.45. The van der Waals surface area contributed by atoms with Gasteiger partial charge in [0.05, 0.1) is 0 Å². The van der Waals surface area contributed by atoms with Crippen molar-refractivity contribution >= 4 is 27.9 Å². The monoisotopic (exact) mass is 191 g/mol. The van der Waals surface area contributed by atoms with Crippen molar-refractivity contribution in [2.24, 2.45) is 4.99 Å². The minimum absolute atomic E-state index is 0.0914. The third-order valence-corrected chi connectivity index (χ3v) is 3.68. The second kappa shape index (κ2) is 4.38. The van der Waals surface area contributed by atoms with Gasteiger partial charge in [0.25, 0.3) is 0 Å². The van der Waals surface area contributed by atoms with E-state index in [4.69, 9.17) is 4.74 Å². The van der Waals surface area contributed by atoms with Crippen LogP contribution in [0.4, 0.5) is 0 Å². The fourth-order valence-corrected chi connectivity index (χ4v) is 2.84. The SMILES string of the molecule is CO[C@@H]1C[C@H](C)SC(SC)=N1. The molecule has 11 heavy (non-hydrogen) atoms. The smallest absolute Gasteiger partial charge is 0.150 e. The molecule has 2 nitrogen and oxygen atoms in total. The molecule has 1 aliphatic heterocycles. The molecule has 0 N–H and O–H groups in total. The third kappa shape index (κ3) is 2.69. The number of hydrogen-bond donors (Lipinski definition) is 0. The van der Waals surface area contributed by atoms with Crippen molar-refractivity contribution < 1.29 is 4.74 Å². The molecule has 64 valence electrons. The summed E-state index contributed by atoms with van der Waals surface area (Å²) in [6.07, 6.45) is 3.18. The lowest BCUT2D eigenvalue weighted by Crippen LogP contribution is -2.20. The maximum absolute atomic E-state index is 5.18. The molecule has 0 aliphatic carbocycles. The highest BCUT2D eigenvalue weighted by Gasteiger charge is 2.20. The Labute approximate surface area is 76.2 Å². The molecular weight excluding hydrogens is 178 g/mol. The van der Waals surface area contributed by atoms with Gasteiger partial charge in [0, 0.05) is 18.8 Å². The molecular formula is C7H13NOS2. The van der Waals surface area contributed by atoms with Crippen LogP contribution in [-0.2, 0) is 4.74 Å². The van der Waals surface area contributed by atoms with E-state index in [2.05, 4.69) is 18.2 Å². The van der Waals surface area contributed by atoms with E-state index < -0.39 is 0 Å². The molecule has 0 saturated heterocycles. The lowest BCUT2D eigenvalue weighted by molar-refractivity contribution is 0.103. The molecule has 1 heterocycles. The van der Waals surface area contributed by atoms with E-state index in [1.54, 1.807) is 18.9 Å². The standard InChI is InChI=1S/C7H13NOS2/c1-5-4-6(9-2)8-7(10-3)11-5/h5-6H,4H2,1-3H3/t5-,6+/m0/s1. The second-order valence-corrected chi connectivity index (χ2v) is 4.93. The number of hydrogen-bond acceptors (Lipinski definition) is 4. The molecule has 0 aromatic rings. The highest BCUT2D eigenvalue weighted by atomic mass is 32.2. The molecule has 2 atom stereocenters. The first-order valence-corrected chi connectivity index (χ1v) is 5.68. The normalized spacial score (nSPS) is 31.7. The van der Waals surface area contributed by atoms with E-state index in [1.807, 2.05) is 11.8 Å². The van der Waals surface area contributed by atoms with E-state index in [0.717, 1.165) is 10.8 Å². The van der Waals surface area contributed by atoms with Gasteiger partial charge < -0.3 is 4.74 Å². The summed E-state index contributed by atoms with van der Waals surface area (Å²) in [6, 6.07) is 0. The van der Waals surface area contributed by atoms with Crippen LogP contribution < -0.4 is 0 Å². The van der Waals surface area contributed by atoms with E-state index >= 15 is 0 Å². The summed E-state index contributed by atoms with van der Waals surface area (Å²) in [5.41, 5.74) is 0. The van der Waals surface area contributed by atoms with Gasteiger partial charge in [0.1, 0.15) is 4.38 Å². The highest BCUT2D eigenvalue weighted by molar-refractivity contribution is 8.38. The number of rotatable bonds is 1. The largest absolute Gasteiger partial charge is 0.360 e. The zero-order chi connectivity index (χ0) is 8.27. The van der Waals surface area contributed by atoms with Gasteiger partial charge in [-0.25, -0.2) is 4.99 Å². The predicted molar refractivity (Wildman–Crippen MR) is 53.4 cm³/mol. The highest BCUT2D eigenvalue weighted by Crippen LogP contribution is 2.29. The van der Waals surface area contributed by atoms with Crippen LogP contribution in [0.1, 0.15) is 13.3 Å². The third-order valence-electron chi connectivity index (χ3n) is 1.53. The molecule has 4 heteroatoms. The Bertz CT molecular complexity index is 161. The van der Waals surface area contributed by atoms with Crippen LogP contribution in [0.3, 0.4) is 0 Å². The molecule has 1 aliphatic rings. The van der Waals surface area contributed by atoms with Crippen LogP contribution in [0, 0.1) is 0 Å². The average molecular weight is 191 g/mol. The molecule has 0 bridgehead atoms. The number of methoxy groups -OCH3 is 1. The van der Waals surface area contributed by atoms with Gasteiger partial charge in [-0.1, -0.05) is 18.7 Å². The summed E-state index contributed by atoms with van der Waals surface area (Å²) in [4.78, 5) is 4.39. The predicted octanol–water partition coefficient (Wildman–Crippen LogP) is 2.20. The minimum atomic E-state index is 0.0914. The molecule has 0 unspecified atom stereocenters. The Kier molecular flexibility index (Phi) is 3.75. The van der Waals surface area contributed by atoms with E-state index in [-0.39, 0.29) is 6.23 Å². The zero-order valence-electron chi connectivity index (χ0n) is 7.03. The molecule has 0 aromatic heterocycles. The van der Waals surface area contributed by atoms with Crippen molar-refractivity contribution in [2.45, 2.75) is 24.8 Å². The Morgan fingerprint density at radius 1 is 1.73 bits per heavy atom. The first kappa shape index (κ1) is 9.42. The van der Waals surface area contributed by atoms with Gasteiger partial charge in [0.2, 0.25) is 0 Å². The average Bonchev–Trinajstić information content (AvgIpc) is 2.03. The number of aliphatic imine (C=N–C) groups is 1. The molecule has 0 radical (unpaired) electrons. The summed E-state index contributed by atoms with van der Waals surface area (Å²) in [6.45, 7) is 2.21. The van der Waals surface area contributed by atoms with Crippen molar-refractivity contribution in [3.8, 4) is 0 Å². The Hall–Kier alpha value is 0.330. The Balaban J connectivity index is 2.57. The van der Waals surface area contributed by atoms with Crippen LogP contribution in [0.15, 0.2) is 4.99 Å². The topological polar surface area (TPSA) is 21.6 Å². The molecule has 0 fully saturated rings. The summed E-state index contributed by atoms with van der Waals surface area (Å²) in [7, 11) is 1.72. The summed E-state index contributed by atoms with van der Waals surface area (Å²) < 4.78 is 6.33. The maximum atomic E-state index is 5.18. The summed E-state index contributed by atoms with van der Waals surface area (Å²) in [5, 5.41) is 0.639. The lowest BCUT2D eigenvalue weighted by Gasteiger charge is -2.22. The minimum Gasteiger partial charge on any atom is -0.360 e. The van der Waals surface area contributed by atoms with Gasteiger partial charge in [0.15, 0.2) is 6.23 Å². The van der Waals surface area contributed by atoms with Gasteiger partial charge in [-0.05, 0) is 6.26 Å². The number of thioether (sulfide) groups is 2. The Morgan fingerprint density at radius 2 is 2.45 bits per heavy atom. The molecule has 1 rings (SSSR count). The quantitative estimate of drug-likeness (QED) is 0.634. The first-order valence-electron chi connectivity index (χ1n) is 3.57. The summed E-state index contributed by atoms with van der Waals surface area (Å²) >= 11 is 3.54.